The quantitative estimate of drug-likeness (QED) is 0.621. The molecule has 2 aromatic rings. The van der Waals surface area contributed by atoms with Crippen LogP contribution in [0, 0.1) is 19.7 Å². The van der Waals surface area contributed by atoms with Crippen molar-refractivity contribution in [3.8, 4) is 0 Å². The summed E-state index contributed by atoms with van der Waals surface area (Å²) in [5.74, 6) is 0.415. The molecule has 136 valence electrons. The average molecular weight is 347 g/mol. The summed E-state index contributed by atoms with van der Waals surface area (Å²) in [6, 6.07) is 6.32. The van der Waals surface area contributed by atoms with E-state index in [1.165, 1.54) is 12.1 Å². The van der Waals surface area contributed by atoms with Gasteiger partial charge >= 0.3 is 0 Å². The van der Waals surface area contributed by atoms with E-state index in [-0.39, 0.29) is 11.9 Å². The Balaban J connectivity index is 1.94. The fourth-order valence-electron chi connectivity index (χ4n) is 2.67. The molecule has 1 unspecified atom stereocenters. The number of guanidine groups is 1. The molecule has 0 aliphatic rings. The van der Waals surface area contributed by atoms with E-state index in [1.54, 1.807) is 26.3 Å². The molecule has 0 saturated heterocycles. The van der Waals surface area contributed by atoms with E-state index in [2.05, 4.69) is 20.7 Å². The van der Waals surface area contributed by atoms with Crippen molar-refractivity contribution in [2.75, 3.05) is 20.7 Å². The summed E-state index contributed by atoms with van der Waals surface area (Å²) in [6.07, 6.45) is -0.194. The molecule has 2 rings (SSSR count). The number of benzene rings is 1. The largest absolute Gasteiger partial charge is 0.375 e. The van der Waals surface area contributed by atoms with Crippen molar-refractivity contribution in [2.24, 2.45) is 12.0 Å². The van der Waals surface area contributed by atoms with Crippen LogP contribution >= 0.6 is 0 Å². The number of ether oxygens (including phenoxy) is 1. The standard InChI is InChI=1S/C18H26FN5O/c1-12-16(13(2)24(4)23-12)10-21-18(20-3)22-11-17(25-5)14-6-8-15(19)9-7-14/h6-9,17H,10-11H2,1-5H3,(H2,20,21,22). The molecule has 0 aliphatic heterocycles. The molecule has 0 spiro atoms. The molecule has 1 heterocycles. The van der Waals surface area contributed by atoms with Crippen molar-refractivity contribution in [3.63, 3.8) is 0 Å². The summed E-state index contributed by atoms with van der Waals surface area (Å²) in [5.41, 5.74) is 4.20. The van der Waals surface area contributed by atoms with Crippen LogP contribution in [-0.2, 0) is 18.3 Å². The number of hydrogen-bond donors (Lipinski definition) is 2. The third kappa shape index (κ3) is 4.79. The second kappa shape index (κ2) is 8.62. The van der Waals surface area contributed by atoms with Crippen LogP contribution in [0.25, 0.3) is 0 Å². The molecular weight excluding hydrogens is 321 g/mol. The highest BCUT2D eigenvalue weighted by atomic mass is 19.1. The van der Waals surface area contributed by atoms with Gasteiger partial charge in [-0.2, -0.15) is 5.10 Å². The fraction of sp³-hybridized carbons (Fsp3) is 0.444. The summed E-state index contributed by atoms with van der Waals surface area (Å²) >= 11 is 0. The number of hydrogen-bond acceptors (Lipinski definition) is 3. The zero-order valence-electron chi connectivity index (χ0n) is 15.4. The Morgan fingerprint density at radius 1 is 1.28 bits per heavy atom. The minimum Gasteiger partial charge on any atom is -0.375 e. The van der Waals surface area contributed by atoms with E-state index >= 15 is 0 Å². The van der Waals surface area contributed by atoms with Crippen LogP contribution in [-0.4, -0.2) is 36.4 Å². The van der Waals surface area contributed by atoms with Gasteiger partial charge in [0.1, 0.15) is 5.82 Å². The molecule has 0 amide bonds. The molecule has 0 saturated carbocycles. The predicted octanol–water partition coefficient (Wildman–Crippen LogP) is 2.23. The SMILES string of the molecule is CN=C(NCc1c(C)nn(C)c1C)NCC(OC)c1ccc(F)cc1. The van der Waals surface area contributed by atoms with Crippen LogP contribution in [0.15, 0.2) is 29.3 Å². The molecule has 0 bridgehead atoms. The Hall–Kier alpha value is -2.41. The molecule has 0 radical (unpaired) electrons. The van der Waals surface area contributed by atoms with Crippen molar-refractivity contribution in [3.05, 3.63) is 52.6 Å². The van der Waals surface area contributed by atoms with Crippen molar-refractivity contribution in [2.45, 2.75) is 26.5 Å². The zero-order valence-corrected chi connectivity index (χ0v) is 15.4. The van der Waals surface area contributed by atoms with Crippen molar-refractivity contribution in [1.82, 2.24) is 20.4 Å². The first-order valence-electron chi connectivity index (χ1n) is 8.18. The molecule has 1 aromatic carbocycles. The van der Waals surface area contributed by atoms with Gasteiger partial charge in [-0.3, -0.25) is 9.67 Å². The average Bonchev–Trinajstić information content (AvgIpc) is 2.85. The number of nitrogens with zero attached hydrogens (tertiary/aromatic N) is 3. The van der Waals surface area contributed by atoms with Crippen LogP contribution < -0.4 is 10.6 Å². The Morgan fingerprint density at radius 2 is 1.96 bits per heavy atom. The molecule has 0 aliphatic carbocycles. The van der Waals surface area contributed by atoms with Crippen molar-refractivity contribution < 1.29 is 9.13 Å². The van der Waals surface area contributed by atoms with Gasteiger partial charge in [0.15, 0.2) is 5.96 Å². The molecular formula is C18H26FN5O. The number of halogens is 1. The maximum absolute atomic E-state index is 13.1. The smallest absolute Gasteiger partial charge is 0.191 e. The van der Waals surface area contributed by atoms with E-state index in [9.17, 15) is 4.39 Å². The lowest BCUT2D eigenvalue weighted by atomic mass is 10.1. The first kappa shape index (κ1) is 18.9. The topological polar surface area (TPSA) is 63.5 Å². The Kier molecular flexibility index (Phi) is 6.52. The molecule has 6 nitrogen and oxygen atoms in total. The molecule has 25 heavy (non-hydrogen) atoms. The summed E-state index contributed by atoms with van der Waals surface area (Å²) in [5, 5.41) is 10.9. The highest BCUT2D eigenvalue weighted by molar-refractivity contribution is 5.79. The number of aryl methyl sites for hydroxylation is 2. The first-order valence-corrected chi connectivity index (χ1v) is 8.18. The first-order chi connectivity index (χ1) is 12.0. The van der Waals surface area contributed by atoms with Crippen LogP contribution in [0.5, 0.6) is 0 Å². The summed E-state index contributed by atoms with van der Waals surface area (Å²) in [4.78, 5) is 4.23. The lowest BCUT2D eigenvalue weighted by molar-refractivity contribution is 0.106. The Bertz CT molecular complexity index is 724. The summed E-state index contributed by atoms with van der Waals surface area (Å²) < 4.78 is 20.4. The van der Waals surface area contributed by atoms with Gasteiger partial charge in [-0.15, -0.1) is 0 Å². The van der Waals surface area contributed by atoms with Crippen LogP contribution in [0.4, 0.5) is 4.39 Å². The third-order valence-corrected chi connectivity index (χ3v) is 4.30. The van der Waals surface area contributed by atoms with E-state index in [1.807, 2.05) is 25.6 Å². The maximum atomic E-state index is 13.1. The number of methoxy groups -OCH3 is 1. The van der Waals surface area contributed by atoms with E-state index in [4.69, 9.17) is 4.74 Å². The molecule has 2 N–H and O–H groups in total. The second-order valence-electron chi connectivity index (χ2n) is 5.86. The molecule has 0 fully saturated rings. The highest BCUT2D eigenvalue weighted by Crippen LogP contribution is 2.16. The lowest BCUT2D eigenvalue weighted by Crippen LogP contribution is -2.39. The van der Waals surface area contributed by atoms with Crippen molar-refractivity contribution in [1.29, 1.82) is 0 Å². The van der Waals surface area contributed by atoms with Crippen LogP contribution in [0.1, 0.15) is 28.6 Å². The summed E-state index contributed by atoms with van der Waals surface area (Å²) in [6.45, 7) is 5.20. The monoisotopic (exact) mass is 347 g/mol. The van der Waals surface area contributed by atoms with E-state index in [0.717, 1.165) is 22.5 Å². The van der Waals surface area contributed by atoms with Crippen molar-refractivity contribution >= 4 is 5.96 Å². The Morgan fingerprint density at radius 3 is 2.48 bits per heavy atom. The second-order valence-corrected chi connectivity index (χ2v) is 5.86. The highest BCUT2D eigenvalue weighted by Gasteiger charge is 2.13. The lowest BCUT2D eigenvalue weighted by Gasteiger charge is -2.19. The number of rotatable bonds is 6. The van der Waals surface area contributed by atoms with Gasteiger partial charge in [0.05, 0.1) is 11.8 Å². The minimum absolute atomic E-state index is 0.194. The van der Waals surface area contributed by atoms with Gasteiger partial charge in [0.25, 0.3) is 0 Å². The molecule has 7 heteroatoms. The fourth-order valence-corrected chi connectivity index (χ4v) is 2.67. The predicted molar refractivity (Wildman–Crippen MR) is 97.0 cm³/mol. The number of nitrogens with one attached hydrogen (secondary N) is 2. The number of aliphatic imine (C=N–C) groups is 1. The van der Waals surface area contributed by atoms with Crippen LogP contribution in [0.3, 0.4) is 0 Å². The van der Waals surface area contributed by atoms with E-state index < -0.39 is 0 Å². The van der Waals surface area contributed by atoms with Gasteiger partial charge in [-0.05, 0) is 31.5 Å². The molecule has 1 aromatic heterocycles. The zero-order chi connectivity index (χ0) is 18.4. The van der Waals surface area contributed by atoms with Gasteiger partial charge in [-0.1, -0.05) is 12.1 Å². The Labute approximate surface area is 148 Å². The van der Waals surface area contributed by atoms with Gasteiger partial charge < -0.3 is 15.4 Å². The van der Waals surface area contributed by atoms with Crippen LogP contribution in [0.2, 0.25) is 0 Å². The van der Waals surface area contributed by atoms with Gasteiger partial charge in [0.2, 0.25) is 0 Å². The maximum Gasteiger partial charge on any atom is 0.191 e. The number of aromatic nitrogens is 2. The van der Waals surface area contributed by atoms with E-state index in [0.29, 0.717) is 19.0 Å². The minimum atomic E-state index is -0.258. The van der Waals surface area contributed by atoms with Gasteiger partial charge in [-0.25, -0.2) is 4.39 Å². The third-order valence-electron chi connectivity index (χ3n) is 4.30. The van der Waals surface area contributed by atoms with Gasteiger partial charge in [0, 0.05) is 45.6 Å². The molecule has 1 atom stereocenters. The summed E-state index contributed by atoms with van der Waals surface area (Å²) in [7, 11) is 5.29. The normalized spacial score (nSPS) is 13.0.